The van der Waals surface area contributed by atoms with E-state index in [4.69, 9.17) is 4.74 Å². The highest BCUT2D eigenvalue weighted by molar-refractivity contribution is 6.04. The number of fused-ring (bicyclic) bond motifs is 1. The summed E-state index contributed by atoms with van der Waals surface area (Å²) in [5.41, 5.74) is 0.536. The maximum atomic E-state index is 12.5. The number of carbonyl (C=O) groups excluding carboxylic acids is 1. The molecule has 0 aromatic heterocycles. The van der Waals surface area contributed by atoms with E-state index in [-0.39, 0.29) is 40.1 Å². The van der Waals surface area contributed by atoms with E-state index in [1.54, 1.807) is 6.92 Å². The van der Waals surface area contributed by atoms with Gasteiger partial charge < -0.3 is 25.2 Å². The van der Waals surface area contributed by atoms with Gasteiger partial charge in [-0.1, -0.05) is 13.0 Å². The Labute approximate surface area is 125 Å². The molecule has 0 bridgehead atoms. The Morgan fingerprint density at radius 3 is 2.36 bits per heavy atom. The van der Waals surface area contributed by atoms with Crippen LogP contribution in [0.25, 0.3) is 0 Å². The molecular weight excluding hydrogens is 288 g/mol. The summed E-state index contributed by atoms with van der Waals surface area (Å²) in [7, 11) is 0. The second-order valence-corrected chi connectivity index (χ2v) is 5.28. The van der Waals surface area contributed by atoms with Crippen LogP contribution in [0.2, 0.25) is 0 Å². The molecule has 1 aliphatic heterocycles. The minimum atomic E-state index is -0.701. The monoisotopic (exact) mass is 302 g/mol. The van der Waals surface area contributed by atoms with Crippen molar-refractivity contribution in [2.75, 3.05) is 0 Å². The molecule has 0 amide bonds. The topological polar surface area (TPSA) is 107 Å². The molecule has 0 spiro atoms. The molecule has 6 nitrogen and oxygen atoms in total. The van der Waals surface area contributed by atoms with Gasteiger partial charge in [-0.2, -0.15) is 0 Å². The average molecular weight is 302 g/mol. The molecule has 4 N–H and O–H groups in total. The standard InChI is InChI=1S/C16H14O6/c1-7-15(21)14-12(20)5-9(17)6-13(14)22-16(7)8-2-3-10(18)11(19)4-8/h2-7,16-20H,1H3/t7?,16-/m0/s1. The van der Waals surface area contributed by atoms with Gasteiger partial charge in [0, 0.05) is 12.1 Å². The van der Waals surface area contributed by atoms with Gasteiger partial charge in [-0.15, -0.1) is 0 Å². The van der Waals surface area contributed by atoms with Gasteiger partial charge in [0.15, 0.2) is 17.3 Å². The van der Waals surface area contributed by atoms with Crippen molar-refractivity contribution >= 4 is 5.78 Å². The summed E-state index contributed by atoms with van der Waals surface area (Å²) in [6.07, 6.45) is -0.701. The second-order valence-electron chi connectivity index (χ2n) is 5.28. The lowest BCUT2D eigenvalue weighted by Gasteiger charge is -2.31. The molecule has 1 aliphatic rings. The molecule has 0 saturated carbocycles. The summed E-state index contributed by atoms with van der Waals surface area (Å²) in [5.74, 6) is -1.98. The maximum Gasteiger partial charge on any atom is 0.177 e. The highest BCUT2D eigenvalue weighted by Gasteiger charge is 2.37. The summed E-state index contributed by atoms with van der Waals surface area (Å²) in [6.45, 7) is 1.64. The van der Waals surface area contributed by atoms with Gasteiger partial charge in [0.05, 0.1) is 5.92 Å². The van der Waals surface area contributed by atoms with Crippen LogP contribution in [-0.4, -0.2) is 26.2 Å². The Bertz CT molecular complexity index is 767. The van der Waals surface area contributed by atoms with E-state index in [2.05, 4.69) is 0 Å². The lowest BCUT2D eigenvalue weighted by Crippen LogP contribution is -2.29. The normalized spacial score (nSPS) is 20.3. The lowest BCUT2D eigenvalue weighted by atomic mass is 9.86. The van der Waals surface area contributed by atoms with Gasteiger partial charge in [-0.25, -0.2) is 0 Å². The van der Waals surface area contributed by atoms with E-state index in [1.165, 1.54) is 24.3 Å². The third-order valence-corrected chi connectivity index (χ3v) is 3.76. The first kappa shape index (κ1) is 14.1. The van der Waals surface area contributed by atoms with Crippen LogP contribution in [0.3, 0.4) is 0 Å². The third kappa shape index (κ3) is 2.09. The van der Waals surface area contributed by atoms with Gasteiger partial charge in [-0.3, -0.25) is 4.79 Å². The first-order chi connectivity index (χ1) is 10.4. The summed E-state index contributed by atoms with van der Waals surface area (Å²) in [4.78, 5) is 12.5. The van der Waals surface area contributed by atoms with Gasteiger partial charge in [0.1, 0.15) is 28.9 Å². The van der Waals surface area contributed by atoms with Crippen molar-refractivity contribution < 1.29 is 30.0 Å². The summed E-state index contributed by atoms with van der Waals surface area (Å²) < 4.78 is 5.72. The van der Waals surface area contributed by atoms with Gasteiger partial charge >= 0.3 is 0 Å². The first-order valence-electron chi connectivity index (χ1n) is 6.67. The van der Waals surface area contributed by atoms with Crippen LogP contribution in [0.1, 0.15) is 28.9 Å². The van der Waals surface area contributed by atoms with Crippen molar-refractivity contribution in [3.05, 3.63) is 41.5 Å². The van der Waals surface area contributed by atoms with E-state index in [0.717, 1.165) is 6.07 Å². The molecule has 1 unspecified atom stereocenters. The van der Waals surface area contributed by atoms with Crippen molar-refractivity contribution in [2.24, 2.45) is 5.92 Å². The van der Waals surface area contributed by atoms with E-state index in [0.29, 0.717) is 5.56 Å². The lowest BCUT2D eigenvalue weighted by molar-refractivity contribution is 0.0683. The van der Waals surface area contributed by atoms with Gasteiger partial charge in [0.2, 0.25) is 0 Å². The van der Waals surface area contributed by atoms with Crippen LogP contribution in [0.15, 0.2) is 30.3 Å². The number of hydrogen-bond donors (Lipinski definition) is 4. The molecule has 6 heteroatoms. The highest BCUT2D eigenvalue weighted by atomic mass is 16.5. The van der Waals surface area contributed by atoms with Gasteiger partial charge in [-0.05, 0) is 17.7 Å². The summed E-state index contributed by atoms with van der Waals surface area (Å²) in [6, 6.07) is 6.50. The zero-order valence-corrected chi connectivity index (χ0v) is 11.6. The molecule has 1 heterocycles. The molecule has 0 saturated heterocycles. The quantitative estimate of drug-likeness (QED) is 0.603. The summed E-state index contributed by atoms with van der Waals surface area (Å²) >= 11 is 0. The number of rotatable bonds is 1. The molecule has 2 aromatic rings. The number of ketones is 1. The number of Topliss-reactive ketones (excluding diaryl/α,β-unsaturated/α-hetero) is 1. The summed E-state index contributed by atoms with van der Waals surface area (Å²) in [5, 5.41) is 38.3. The number of ether oxygens (including phenoxy) is 1. The number of aromatic hydroxyl groups is 4. The molecule has 0 fully saturated rings. The Hall–Kier alpha value is -2.89. The number of phenolic OH excluding ortho intramolecular Hbond substituents is 4. The predicted octanol–water partition coefficient (Wildman–Crippen LogP) is 2.46. The molecule has 2 aromatic carbocycles. The molecule has 0 aliphatic carbocycles. The van der Waals surface area contributed by atoms with Crippen LogP contribution in [0.4, 0.5) is 0 Å². The molecular formula is C16H14O6. The van der Waals surface area contributed by atoms with Crippen LogP contribution < -0.4 is 4.74 Å². The fourth-order valence-electron chi connectivity index (χ4n) is 2.61. The molecule has 3 rings (SSSR count). The van der Waals surface area contributed by atoms with E-state index in [9.17, 15) is 25.2 Å². The van der Waals surface area contributed by atoms with Crippen molar-refractivity contribution in [3.8, 4) is 28.7 Å². The van der Waals surface area contributed by atoms with Crippen molar-refractivity contribution in [3.63, 3.8) is 0 Å². The van der Waals surface area contributed by atoms with Crippen LogP contribution >= 0.6 is 0 Å². The van der Waals surface area contributed by atoms with Crippen LogP contribution in [0.5, 0.6) is 28.7 Å². The SMILES string of the molecule is CC1C(=O)c2c(O)cc(O)cc2O[C@@H]1c1ccc(O)c(O)c1. The third-order valence-electron chi connectivity index (χ3n) is 3.76. The minimum absolute atomic E-state index is 0.0320. The van der Waals surface area contributed by atoms with E-state index < -0.39 is 12.0 Å². The van der Waals surface area contributed by atoms with Crippen molar-refractivity contribution in [1.82, 2.24) is 0 Å². The largest absolute Gasteiger partial charge is 0.508 e. The Morgan fingerprint density at radius 1 is 0.955 bits per heavy atom. The fraction of sp³-hybridized carbons (Fsp3) is 0.188. The molecule has 0 radical (unpaired) electrons. The van der Waals surface area contributed by atoms with E-state index >= 15 is 0 Å². The Balaban J connectivity index is 2.08. The first-order valence-corrected chi connectivity index (χ1v) is 6.67. The van der Waals surface area contributed by atoms with Crippen LogP contribution in [0, 0.1) is 5.92 Å². The zero-order valence-electron chi connectivity index (χ0n) is 11.6. The zero-order chi connectivity index (χ0) is 16.0. The predicted molar refractivity (Wildman–Crippen MR) is 76.4 cm³/mol. The Morgan fingerprint density at radius 2 is 1.68 bits per heavy atom. The van der Waals surface area contributed by atoms with Crippen molar-refractivity contribution in [1.29, 1.82) is 0 Å². The number of hydrogen-bond acceptors (Lipinski definition) is 6. The number of phenols is 4. The van der Waals surface area contributed by atoms with Crippen LogP contribution in [-0.2, 0) is 0 Å². The molecule has 114 valence electrons. The number of benzene rings is 2. The average Bonchev–Trinajstić information content (AvgIpc) is 2.45. The van der Waals surface area contributed by atoms with E-state index in [1.807, 2.05) is 0 Å². The van der Waals surface area contributed by atoms with Crippen molar-refractivity contribution in [2.45, 2.75) is 13.0 Å². The minimum Gasteiger partial charge on any atom is -0.508 e. The maximum absolute atomic E-state index is 12.5. The molecule has 22 heavy (non-hydrogen) atoms. The smallest absolute Gasteiger partial charge is 0.177 e. The fourth-order valence-corrected chi connectivity index (χ4v) is 2.61. The van der Waals surface area contributed by atoms with Gasteiger partial charge in [0.25, 0.3) is 0 Å². The molecule has 2 atom stereocenters. The second kappa shape index (κ2) is 4.84. The number of carbonyl (C=O) groups is 1. The Kier molecular flexibility index (Phi) is 3.09. The highest BCUT2D eigenvalue weighted by Crippen LogP contribution is 2.44.